The van der Waals surface area contributed by atoms with E-state index < -0.39 is 0 Å². The van der Waals surface area contributed by atoms with Gasteiger partial charge in [0, 0.05) is 17.6 Å². The van der Waals surface area contributed by atoms with Crippen LogP contribution in [0.25, 0.3) is 0 Å². The van der Waals surface area contributed by atoms with Crippen molar-refractivity contribution in [1.82, 2.24) is 4.90 Å². The Bertz CT molecular complexity index is 496. The van der Waals surface area contributed by atoms with Gasteiger partial charge in [0.05, 0.1) is 5.69 Å². The fraction of sp³-hybridized carbons (Fsp3) is 0.533. The summed E-state index contributed by atoms with van der Waals surface area (Å²) in [5.74, 6) is -0.304. The molecule has 0 saturated heterocycles. The molecule has 0 heterocycles. The van der Waals surface area contributed by atoms with Crippen molar-refractivity contribution in [2.24, 2.45) is 5.73 Å². The predicted octanol–water partition coefficient (Wildman–Crippen LogP) is 2.75. The lowest BCUT2D eigenvalue weighted by Crippen LogP contribution is -2.47. The van der Waals surface area contributed by atoms with Crippen LogP contribution in [-0.2, 0) is 0 Å². The van der Waals surface area contributed by atoms with E-state index in [-0.39, 0.29) is 16.3 Å². The van der Waals surface area contributed by atoms with E-state index in [0.717, 1.165) is 19.4 Å². The van der Waals surface area contributed by atoms with Crippen LogP contribution < -0.4 is 11.1 Å². The number of likely N-dealkylation sites (N-methyl/N-ethyl adjacent to an activating group) is 1. The summed E-state index contributed by atoms with van der Waals surface area (Å²) in [7, 11) is 4.19. The average Bonchev–Trinajstić information content (AvgIpc) is 2.87. The third-order valence-corrected chi connectivity index (χ3v) is 4.58. The number of thiocarbonyl (C=S) groups is 1. The average molecular weight is 295 g/mol. The van der Waals surface area contributed by atoms with Crippen LogP contribution in [0.5, 0.6) is 0 Å². The molecule has 0 aliphatic heterocycles. The number of nitrogens with two attached hydrogens (primary N) is 1. The van der Waals surface area contributed by atoms with E-state index in [1.165, 1.54) is 18.9 Å². The molecular weight excluding hydrogens is 273 g/mol. The van der Waals surface area contributed by atoms with Crippen LogP contribution in [0, 0.1) is 5.82 Å². The van der Waals surface area contributed by atoms with Crippen LogP contribution in [0.3, 0.4) is 0 Å². The molecular formula is C15H22FN3S. The van der Waals surface area contributed by atoms with Gasteiger partial charge in [-0.05, 0) is 45.1 Å². The minimum Gasteiger partial charge on any atom is -0.389 e. The van der Waals surface area contributed by atoms with Gasteiger partial charge in [-0.2, -0.15) is 0 Å². The fourth-order valence-corrected chi connectivity index (χ4v) is 3.01. The zero-order valence-electron chi connectivity index (χ0n) is 12.1. The topological polar surface area (TPSA) is 41.3 Å². The summed E-state index contributed by atoms with van der Waals surface area (Å²) in [5, 5.41) is 3.24. The fourth-order valence-electron chi connectivity index (χ4n) is 2.89. The minimum atomic E-state index is -0.304. The van der Waals surface area contributed by atoms with E-state index >= 15 is 0 Å². The molecule has 5 heteroatoms. The molecule has 1 fully saturated rings. The zero-order chi connectivity index (χ0) is 14.8. The van der Waals surface area contributed by atoms with Crippen molar-refractivity contribution in [3.05, 3.63) is 29.6 Å². The lowest BCUT2D eigenvalue weighted by Gasteiger charge is -2.36. The number of anilines is 1. The van der Waals surface area contributed by atoms with Crippen molar-refractivity contribution >= 4 is 22.9 Å². The quantitative estimate of drug-likeness (QED) is 0.820. The highest BCUT2D eigenvalue weighted by Crippen LogP contribution is 2.34. The van der Waals surface area contributed by atoms with Gasteiger partial charge in [-0.15, -0.1) is 0 Å². The third-order valence-electron chi connectivity index (χ3n) is 4.34. The summed E-state index contributed by atoms with van der Waals surface area (Å²) in [6, 6.07) is 4.86. The second-order valence-electron chi connectivity index (χ2n) is 5.74. The maximum Gasteiger partial charge on any atom is 0.146 e. The zero-order valence-corrected chi connectivity index (χ0v) is 12.9. The van der Waals surface area contributed by atoms with Crippen LogP contribution in [0.1, 0.15) is 31.2 Å². The van der Waals surface area contributed by atoms with Crippen molar-refractivity contribution in [3.63, 3.8) is 0 Å². The molecule has 20 heavy (non-hydrogen) atoms. The summed E-state index contributed by atoms with van der Waals surface area (Å²) in [6.07, 6.45) is 4.78. The summed E-state index contributed by atoms with van der Waals surface area (Å²) >= 11 is 4.85. The SMILES string of the molecule is CN(C)C1(CNc2ccc(C(N)=S)cc2F)CCCC1. The molecule has 0 amide bonds. The first-order valence-corrected chi connectivity index (χ1v) is 7.36. The number of benzene rings is 1. The first-order chi connectivity index (χ1) is 9.44. The van der Waals surface area contributed by atoms with Gasteiger partial charge in [-0.25, -0.2) is 4.39 Å². The largest absolute Gasteiger partial charge is 0.389 e. The molecule has 1 saturated carbocycles. The third kappa shape index (κ3) is 3.10. The molecule has 0 unspecified atom stereocenters. The van der Waals surface area contributed by atoms with E-state index in [0.29, 0.717) is 11.3 Å². The molecule has 1 aromatic rings. The normalized spacial score (nSPS) is 17.4. The molecule has 2 rings (SSSR count). The van der Waals surface area contributed by atoms with Crippen molar-refractivity contribution in [2.45, 2.75) is 31.2 Å². The minimum absolute atomic E-state index is 0.133. The van der Waals surface area contributed by atoms with E-state index in [9.17, 15) is 4.39 Å². The van der Waals surface area contributed by atoms with Crippen molar-refractivity contribution in [2.75, 3.05) is 26.0 Å². The molecule has 0 aromatic heterocycles. The van der Waals surface area contributed by atoms with Gasteiger partial charge >= 0.3 is 0 Å². The molecule has 0 atom stereocenters. The molecule has 1 aliphatic carbocycles. The lowest BCUT2D eigenvalue weighted by atomic mass is 9.96. The molecule has 0 spiro atoms. The van der Waals surface area contributed by atoms with E-state index in [2.05, 4.69) is 24.3 Å². The van der Waals surface area contributed by atoms with Crippen LogP contribution in [0.15, 0.2) is 18.2 Å². The molecule has 110 valence electrons. The van der Waals surface area contributed by atoms with Gasteiger partial charge in [0.1, 0.15) is 10.8 Å². The molecule has 0 radical (unpaired) electrons. The number of halogens is 1. The molecule has 0 bridgehead atoms. The Morgan fingerprint density at radius 1 is 1.40 bits per heavy atom. The highest BCUT2D eigenvalue weighted by molar-refractivity contribution is 7.80. The Morgan fingerprint density at radius 3 is 2.55 bits per heavy atom. The molecule has 3 N–H and O–H groups in total. The number of hydrogen-bond acceptors (Lipinski definition) is 3. The second kappa shape index (κ2) is 6.06. The van der Waals surface area contributed by atoms with Crippen LogP contribution >= 0.6 is 12.2 Å². The van der Waals surface area contributed by atoms with Crippen molar-refractivity contribution in [1.29, 1.82) is 0 Å². The maximum atomic E-state index is 14.0. The van der Waals surface area contributed by atoms with E-state index in [4.69, 9.17) is 18.0 Å². The van der Waals surface area contributed by atoms with E-state index in [1.54, 1.807) is 12.1 Å². The maximum absolute atomic E-state index is 14.0. The Hall–Kier alpha value is -1.20. The van der Waals surface area contributed by atoms with Gasteiger partial charge in [-0.3, -0.25) is 0 Å². The van der Waals surface area contributed by atoms with Crippen LogP contribution in [-0.4, -0.2) is 36.1 Å². The summed E-state index contributed by atoms with van der Waals surface area (Å²) in [4.78, 5) is 2.48. The lowest BCUT2D eigenvalue weighted by molar-refractivity contribution is 0.172. The monoisotopic (exact) mass is 295 g/mol. The summed E-state index contributed by atoms with van der Waals surface area (Å²) in [6.45, 7) is 0.753. The van der Waals surface area contributed by atoms with Gasteiger partial charge in [0.25, 0.3) is 0 Å². The summed E-state index contributed by atoms with van der Waals surface area (Å²) < 4.78 is 14.0. The number of nitrogens with zero attached hydrogens (tertiary/aromatic N) is 1. The highest BCUT2D eigenvalue weighted by Gasteiger charge is 2.35. The Labute approximate surface area is 125 Å². The van der Waals surface area contributed by atoms with E-state index in [1.807, 2.05) is 0 Å². The smallest absolute Gasteiger partial charge is 0.146 e. The summed E-state index contributed by atoms with van der Waals surface area (Å²) in [5.41, 5.74) is 6.71. The number of rotatable bonds is 5. The van der Waals surface area contributed by atoms with Crippen LogP contribution in [0.2, 0.25) is 0 Å². The Balaban J connectivity index is 2.09. The van der Waals surface area contributed by atoms with Gasteiger partial charge in [0.15, 0.2) is 0 Å². The van der Waals surface area contributed by atoms with Gasteiger partial charge in [0.2, 0.25) is 0 Å². The standard InChI is InChI=1S/C15H22FN3S/c1-19(2)15(7-3-4-8-15)10-18-13-6-5-11(14(17)20)9-12(13)16/h5-6,9,18H,3-4,7-8,10H2,1-2H3,(H2,17,20). The van der Waals surface area contributed by atoms with Crippen LogP contribution in [0.4, 0.5) is 10.1 Å². The first kappa shape index (κ1) is 15.2. The highest BCUT2D eigenvalue weighted by atomic mass is 32.1. The predicted molar refractivity (Wildman–Crippen MR) is 85.7 cm³/mol. The Morgan fingerprint density at radius 2 is 2.05 bits per heavy atom. The number of nitrogens with one attached hydrogen (secondary N) is 1. The second-order valence-corrected chi connectivity index (χ2v) is 6.18. The number of hydrogen-bond donors (Lipinski definition) is 2. The first-order valence-electron chi connectivity index (χ1n) is 6.95. The van der Waals surface area contributed by atoms with Crippen molar-refractivity contribution in [3.8, 4) is 0 Å². The molecule has 1 aliphatic rings. The molecule has 3 nitrogen and oxygen atoms in total. The Kier molecular flexibility index (Phi) is 4.60. The van der Waals surface area contributed by atoms with Gasteiger partial charge < -0.3 is 16.0 Å². The van der Waals surface area contributed by atoms with Crippen molar-refractivity contribution < 1.29 is 4.39 Å². The van der Waals surface area contributed by atoms with Gasteiger partial charge in [-0.1, -0.05) is 25.1 Å². The molecule has 1 aromatic carbocycles.